The third kappa shape index (κ3) is 11.4. The summed E-state index contributed by atoms with van der Waals surface area (Å²) in [6.07, 6.45) is 5.02. The lowest BCUT2D eigenvalue weighted by Crippen LogP contribution is -2.57. The molecule has 2 heterocycles. The fourth-order valence-corrected chi connectivity index (χ4v) is 6.31. The molecule has 4 amide bonds. The van der Waals surface area contributed by atoms with E-state index in [1.807, 2.05) is 57.5 Å². The molecule has 248 valence electrons. The van der Waals surface area contributed by atoms with Crippen LogP contribution in [0.4, 0.5) is 4.79 Å². The molecule has 0 bridgehead atoms. The average molecular weight is 644 g/mol. The van der Waals surface area contributed by atoms with E-state index in [-0.39, 0.29) is 37.2 Å². The van der Waals surface area contributed by atoms with Gasteiger partial charge >= 0.3 is 6.09 Å². The van der Waals surface area contributed by atoms with Gasteiger partial charge in [-0.2, -0.15) is 0 Å². The Bertz CT molecular complexity index is 1280. The Hall–Kier alpha value is -3.51. The highest BCUT2D eigenvalue weighted by Gasteiger charge is 2.44. The average Bonchev–Trinajstić information content (AvgIpc) is 3.60. The molecule has 0 saturated carbocycles. The molecule has 11 nitrogen and oxygen atoms in total. The van der Waals surface area contributed by atoms with E-state index in [0.717, 1.165) is 60.2 Å². The van der Waals surface area contributed by atoms with Crippen LogP contribution in [0, 0.1) is 12.3 Å². The standard InChI is InChI=1S/C33H49N5O6S/c1-22-28(45-21-36-22)24-15-13-23(14-16-24)19-35-30(41)26-18-25(39)20-38(26)31(42)29(33(2,3)4)37-27(40)12-10-8-6-5-7-9-11-17-34-32(43)44/h13-16,21,25-26,29,34,39H,5-12,17-20H2,1-4H3,(H,35,41)(H,37,40)(H,43,44)/t25-,26+,29-/m1/s1. The van der Waals surface area contributed by atoms with Gasteiger partial charge in [0.15, 0.2) is 0 Å². The minimum Gasteiger partial charge on any atom is -0.465 e. The van der Waals surface area contributed by atoms with E-state index in [4.69, 9.17) is 5.11 Å². The van der Waals surface area contributed by atoms with Gasteiger partial charge in [0.05, 0.1) is 22.2 Å². The minimum atomic E-state index is -0.997. The zero-order valence-electron chi connectivity index (χ0n) is 26.9. The maximum Gasteiger partial charge on any atom is 0.404 e. The number of aliphatic hydroxyl groups is 1. The van der Waals surface area contributed by atoms with Crippen LogP contribution >= 0.6 is 11.3 Å². The summed E-state index contributed by atoms with van der Waals surface area (Å²) in [6, 6.07) is 6.24. The third-order valence-electron chi connectivity index (χ3n) is 8.07. The molecule has 12 heteroatoms. The first-order valence-electron chi connectivity index (χ1n) is 15.9. The molecule has 0 spiro atoms. The van der Waals surface area contributed by atoms with Crippen LogP contribution in [0.25, 0.3) is 10.4 Å². The second kappa shape index (κ2) is 17.3. The van der Waals surface area contributed by atoms with Gasteiger partial charge in [-0.05, 0) is 36.3 Å². The Morgan fingerprint density at radius 1 is 1.00 bits per heavy atom. The molecule has 0 unspecified atom stereocenters. The SMILES string of the molecule is Cc1ncsc1-c1ccc(CNC(=O)[C@@H]2C[C@@H](O)CN2C(=O)[C@@H](NC(=O)CCCCCCCCCNC(=O)O)C(C)(C)C)cc1. The number of thiazole rings is 1. The number of unbranched alkanes of at least 4 members (excludes halogenated alkanes) is 6. The summed E-state index contributed by atoms with van der Waals surface area (Å²) < 4.78 is 0. The lowest BCUT2D eigenvalue weighted by Gasteiger charge is -2.35. The van der Waals surface area contributed by atoms with Crippen LogP contribution in [0.1, 0.15) is 89.8 Å². The van der Waals surface area contributed by atoms with Crippen molar-refractivity contribution in [2.75, 3.05) is 13.1 Å². The molecular formula is C33H49N5O6S. The summed E-state index contributed by atoms with van der Waals surface area (Å²) in [4.78, 5) is 57.2. The number of carbonyl (C=O) groups is 4. The quantitative estimate of drug-likeness (QED) is 0.167. The van der Waals surface area contributed by atoms with Crippen LogP contribution in [0.3, 0.4) is 0 Å². The maximum atomic E-state index is 13.8. The number of hydrogen-bond donors (Lipinski definition) is 5. The summed E-state index contributed by atoms with van der Waals surface area (Å²) in [5.74, 6) is -0.908. The second-order valence-electron chi connectivity index (χ2n) is 12.9. The Morgan fingerprint density at radius 2 is 1.64 bits per heavy atom. The maximum absolute atomic E-state index is 13.8. The molecule has 1 aromatic carbocycles. The molecule has 3 atom stereocenters. The fraction of sp³-hybridized carbons (Fsp3) is 0.606. The number of nitrogens with one attached hydrogen (secondary N) is 3. The Balaban J connectivity index is 1.48. The van der Waals surface area contributed by atoms with Crippen molar-refractivity contribution < 1.29 is 29.4 Å². The molecule has 0 radical (unpaired) electrons. The zero-order valence-corrected chi connectivity index (χ0v) is 27.8. The van der Waals surface area contributed by atoms with Crippen molar-refractivity contribution in [1.82, 2.24) is 25.8 Å². The molecule has 3 rings (SSSR count). The van der Waals surface area contributed by atoms with Gasteiger partial charge in [0, 0.05) is 32.5 Å². The van der Waals surface area contributed by atoms with Gasteiger partial charge in [-0.3, -0.25) is 14.4 Å². The molecule has 5 N–H and O–H groups in total. The van der Waals surface area contributed by atoms with Gasteiger partial charge in [0.1, 0.15) is 12.1 Å². The summed E-state index contributed by atoms with van der Waals surface area (Å²) in [7, 11) is 0. The van der Waals surface area contributed by atoms with Crippen LogP contribution in [0.5, 0.6) is 0 Å². The van der Waals surface area contributed by atoms with E-state index in [2.05, 4.69) is 20.9 Å². The van der Waals surface area contributed by atoms with Crippen molar-refractivity contribution in [2.45, 2.75) is 110 Å². The number of carbonyl (C=O) groups excluding carboxylic acids is 3. The van der Waals surface area contributed by atoms with Gasteiger partial charge in [-0.1, -0.05) is 77.1 Å². The number of aliphatic hydroxyl groups excluding tert-OH is 1. The number of nitrogens with zero attached hydrogens (tertiary/aromatic N) is 2. The number of aryl methyl sites for hydroxylation is 1. The highest BCUT2D eigenvalue weighted by atomic mass is 32.1. The molecule has 1 fully saturated rings. The summed E-state index contributed by atoms with van der Waals surface area (Å²) >= 11 is 1.58. The van der Waals surface area contributed by atoms with Crippen LogP contribution in [0.2, 0.25) is 0 Å². The Kier molecular flexibility index (Phi) is 13.8. The molecule has 1 aromatic heterocycles. The summed E-state index contributed by atoms with van der Waals surface area (Å²) in [6.45, 7) is 8.39. The number of hydrogen-bond acceptors (Lipinski definition) is 7. The predicted molar refractivity (Wildman–Crippen MR) is 175 cm³/mol. The summed E-state index contributed by atoms with van der Waals surface area (Å²) in [5, 5.41) is 27.2. The van der Waals surface area contributed by atoms with Crippen molar-refractivity contribution >= 4 is 35.2 Å². The highest BCUT2D eigenvalue weighted by molar-refractivity contribution is 7.13. The lowest BCUT2D eigenvalue weighted by atomic mass is 9.85. The summed E-state index contributed by atoms with van der Waals surface area (Å²) in [5.41, 5.74) is 4.17. The van der Waals surface area contributed by atoms with Crippen molar-refractivity contribution in [3.8, 4) is 10.4 Å². The number of aromatic nitrogens is 1. The highest BCUT2D eigenvalue weighted by Crippen LogP contribution is 2.28. The molecular weight excluding hydrogens is 594 g/mol. The van der Waals surface area contributed by atoms with Crippen molar-refractivity contribution in [2.24, 2.45) is 5.41 Å². The van der Waals surface area contributed by atoms with Crippen LogP contribution < -0.4 is 16.0 Å². The van der Waals surface area contributed by atoms with Gasteiger partial charge in [0.25, 0.3) is 0 Å². The number of carboxylic acid groups (broad SMARTS) is 1. The van der Waals surface area contributed by atoms with Gasteiger partial charge < -0.3 is 31.1 Å². The minimum absolute atomic E-state index is 0.0363. The lowest BCUT2D eigenvalue weighted by molar-refractivity contribution is -0.144. The number of β-amino-alcohol motifs (C(OH)–C–C–N with tert-alkyl or cyclic N) is 1. The van der Waals surface area contributed by atoms with E-state index in [9.17, 15) is 24.3 Å². The topological polar surface area (TPSA) is 161 Å². The van der Waals surface area contributed by atoms with E-state index in [1.54, 1.807) is 11.3 Å². The predicted octanol–water partition coefficient (Wildman–Crippen LogP) is 4.62. The van der Waals surface area contributed by atoms with E-state index >= 15 is 0 Å². The normalized spacial score (nSPS) is 17.1. The Morgan fingerprint density at radius 3 is 2.24 bits per heavy atom. The molecule has 2 aromatic rings. The van der Waals surface area contributed by atoms with Gasteiger partial charge in [-0.15, -0.1) is 11.3 Å². The first kappa shape index (κ1) is 36.0. The molecule has 0 aliphatic carbocycles. The first-order chi connectivity index (χ1) is 21.4. The van der Waals surface area contributed by atoms with Crippen molar-refractivity contribution in [1.29, 1.82) is 0 Å². The van der Waals surface area contributed by atoms with E-state index in [1.165, 1.54) is 4.90 Å². The Labute approximate surface area is 270 Å². The largest absolute Gasteiger partial charge is 0.465 e. The van der Waals surface area contributed by atoms with Crippen molar-refractivity contribution in [3.05, 3.63) is 41.0 Å². The molecule has 1 aliphatic heterocycles. The van der Waals surface area contributed by atoms with Crippen LogP contribution in [-0.2, 0) is 20.9 Å². The van der Waals surface area contributed by atoms with E-state index in [0.29, 0.717) is 19.4 Å². The second-order valence-corrected chi connectivity index (χ2v) is 13.8. The van der Waals surface area contributed by atoms with E-state index < -0.39 is 29.7 Å². The van der Waals surface area contributed by atoms with Crippen LogP contribution in [0.15, 0.2) is 29.8 Å². The molecule has 1 saturated heterocycles. The third-order valence-corrected chi connectivity index (χ3v) is 9.05. The monoisotopic (exact) mass is 643 g/mol. The number of amides is 4. The number of rotatable bonds is 16. The van der Waals surface area contributed by atoms with Gasteiger partial charge in [-0.25, -0.2) is 9.78 Å². The number of likely N-dealkylation sites (tertiary alicyclic amines) is 1. The fourth-order valence-electron chi connectivity index (χ4n) is 5.50. The number of benzene rings is 1. The molecule has 1 aliphatic rings. The van der Waals surface area contributed by atoms with Gasteiger partial charge in [0.2, 0.25) is 17.7 Å². The zero-order chi connectivity index (χ0) is 33.0. The smallest absolute Gasteiger partial charge is 0.404 e. The molecule has 45 heavy (non-hydrogen) atoms. The first-order valence-corrected chi connectivity index (χ1v) is 16.8. The van der Waals surface area contributed by atoms with Crippen LogP contribution in [-0.4, -0.2) is 75.2 Å². The van der Waals surface area contributed by atoms with Crippen molar-refractivity contribution in [3.63, 3.8) is 0 Å².